The molecule has 1 aliphatic heterocycles. The number of aromatic nitrogens is 2. The van der Waals surface area contributed by atoms with Crippen LogP contribution in [-0.2, 0) is 11.3 Å². The molecule has 1 fully saturated rings. The zero-order chi connectivity index (χ0) is 15.7. The van der Waals surface area contributed by atoms with Crippen LogP contribution in [0.4, 0.5) is 0 Å². The number of furan rings is 1. The molecule has 2 aromatic heterocycles. The van der Waals surface area contributed by atoms with Crippen molar-refractivity contribution >= 4 is 17.0 Å². The Morgan fingerprint density at radius 2 is 2.00 bits per heavy atom. The van der Waals surface area contributed by atoms with Crippen LogP contribution in [0.1, 0.15) is 37.0 Å². The molecule has 6 nitrogen and oxygen atoms in total. The van der Waals surface area contributed by atoms with E-state index in [0.717, 1.165) is 31.5 Å². The Labute approximate surface area is 128 Å². The van der Waals surface area contributed by atoms with Crippen molar-refractivity contribution in [1.82, 2.24) is 14.5 Å². The molecule has 1 amide bonds. The summed E-state index contributed by atoms with van der Waals surface area (Å²) in [5.41, 5.74) is 1.06. The van der Waals surface area contributed by atoms with Gasteiger partial charge in [0.05, 0.1) is 0 Å². The molecule has 3 heterocycles. The Hall–Kier alpha value is -2.11. The minimum atomic E-state index is -0.134. The Morgan fingerprint density at radius 1 is 1.27 bits per heavy atom. The molecule has 22 heavy (non-hydrogen) atoms. The summed E-state index contributed by atoms with van der Waals surface area (Å²) in [4.78, 5) is 30.8. The van der Waals surface area contributed by atoms with Gasteiger partial charge in [-0.1, -0.05) is 0 Å². The van der Waals surface area contributed by atoms with E-state index in [9.17, 15) is 9.59 Å². The van der Waals surface area contributed by atoms with Gasteiger partial charge in [0.1, 0.15) is 17.5 Å². The zero-order valence-corrected chi connectivity index (χ0v) is 13.1. The first-order valence-electron chi connectivity index (χ1n) is 7.81. The summed E-state index contributed by atoms with van der Waals surface area (Å²) in [7, 11) is 0. The molecule has 0 aliphatic carbocycles. The lowest BCUT2D eigenvalue weighted by Gasteiger charge is -2.26. The molecular formula is C16H21N3O3. The van der Waals surface area contributed by atoms with Gasteiger partial charge < -0.3 is 9.32 Å². The lowest BCUT2D eigenvalue weighted by atomic mass is 10.1. The van der Waals surface area contributed by atoms with Crippen molar-refractivity contribution in [2.45, 2.75) is 46.1 Å². The number of aryl methyl sites for hydroxylation is 3. The number of nitrogens with zero attached hydrogens (tertiary/aromatic N) is 3. The van der Waals surface area contributed by atoms with E-state index in [2.05, 4.69) is 4.98 Å². The summed E-state index contributed by atoms with van der Waals surface area (Å²) in [6, 6.07) is 0. The molecule has 0 aromatic carbocycles. The maximum atomic E-state index is 12.5. The highest BCUT2D eigenvalue weighted by atomic mass is 16.3. The lowest BCUT2D eigenvalue weighted by Crippen LogP contribution is -2.36. The SMILES string of the molecule is Cc1oc2ncn(CCC(=O)N3CCCCC3)c(=O)c2c1C. The summed E-state index contributed by atoms with van der Waals surface area (Å²) in [6.45, 7) is 5.71. The normalized spacial score (nSPS) is 15.5. The average Bonchev–Trinajstić information content (AvgIpc) is 2.83. The van der Waals surface area contributed by atoms with Crippen LogP contribution in [0.25, 0.3) is 11.1 Å². The van der Waals surface area contributed by atoms with Crippen LogP contribution in [0.15, 0.2) is 15.5 Å². The van der Waals surface area contributed by atoms with E-state index in [0.29, 0.717) is 29.8 Å². The number of likely N-dealkylation sites (tertiary alicyclic amines) is 1. The summed E-state index contributed by atoms with van der Waals surface area (Å²) in [6.07, 6.45) is 5.15. The second-order valence-corrected chi connectivity index (χ2v) is 5.90. The number of amides is 1. The standard InChI is InChI=1S/C16H21N3O3/c1-11-12(2)22-15-14(11)16(21)19(10-17-15)9-6-13(20)18-7-4-3-5-8-18/h10H,3-9H2,1-2H3. The quantitative estimate of drug-likeness (QED) is 0.870. The number of carbonyl (C=O) groups excluding carboxylic acids is 1. The van der Waals surface area contributed by atoms with E-state index in [4.69, 9.17) is 4.42 Å². The van der Waals surface area contributed by atoms with Crippen LogP contribution in [0.5, 0.6) is 0 Å². The minimum Gasteiger partial charge on any atom is -0.443 e. The molecule has 0 spiro atoms. The molecule has 0 unspecified atom stereocenters. The lowest BCUT2D eigenvalue weighted by molar-refractivity contribution is -0.132. The fraction of sp³-hybridized carbons (Fsp3) is 0.562. The van der Waals surface area contributed by atoms with Crippen molar-refractivity contribution in [3.8, 4) is 0 Å². The Morgan fingerprint density at radius 3 is 2.73 bits per heavy atom. The molecule has 1 aliphatic rings. The maximum absolute atomic E-state index is 12.5. The Balaban J connectivity index is 1.76. The maximum Gasteiger partial charge on any atom is 0.264 e. The number of carbonyl (C=O) groups is 1. The summed E-state index contributed by atoms with van der Waals surface area (Å²) < 4.78 is 6.96. The third-order valence-electron chi connectivity index (χ3n) is 4.43. The molecule has 2 aromatic rings. The van der Waals surface area contributed by atoms with Crippen LogP contribution >= 0.6 is 0 Å². The van der Waals surface area contributed by atoms with Gasteiger partial charge in [0.25, 0.3) is 5.56 Å². The predicted molar refractivity (Wildman–Crippen MR) is 82.8 cm³/mol. The number of piperidine rings is 1. The van der Waals surface area contributed by atoms with Crippen molar-refractivity contribution in [3.63, 3.8) is 0 Å². The van der Waals surface area contributed by atoms with Gasteiger partial charge in [-0.2, -0.15) is 0 Å². The van der Waals surface area contributed by atoms with E-state index in [1.807, 2.05) is 18.7 Å². The van der Waals surface area contributed by atoms with Gasteiger partial charge in [0.2, 0.25) is 11.6 Å². The average molecular weight is 303 g/mol. The second kappa shape index (κ2) is 5.94. The van der Waals surface area contributed by atoms with Gasteiger partial charge >= 0.3 is 0 Å². The van der Waals surface area contributed by atoms with Gasteiger partial charge in [-0.3, -0.25) is 14.2 Å². The van der Waals surface area contributed by atoms with Gasteiger partial charge in [-0.25, -0.2) is 4.98 Å². The first-order valence-corrected chi connectivity index (χ1v) is 7.81. The molecule has 0 atom stereocenters. The highest BCUT2D eigenvalue weighted by molar-refractivity contribution is 5.78. The molecule has 0 bridgehead atoms. The molecule has 1 saturated heterocycles. The Kier molecular flexibility index (Phi) is 4.00. The van der Waals surface area contributed by atoms with Crippen LogP contribution in [0, 0.1) is 13.8 Å². The third-order valence-corrected chi connectivity index (χ3v) is 4.43. The molecule has 0 saturated carbocycles. The number of hydrogen-bond acceptors (Lipinski definition) is 4. The van der Waals surface area contributed by atoms with Crippen LogP contribution in [-0.4, -0.2) is 33.4 Å². The van der Waals surface area contributed by atoms with E-state index in [1.165, 1.54) is 17.3 Å². The largest absolute Gasteiger partial charge is 0.443 e. The molecule has 118 valence electrons. The molecular weight excluding hydrogens is 282 g/mol. The van der Waals surface area contributed by atoms with Gasteiger partial charge in [-0.15, -0.1) is 0 Å². The highest BCUT2D eigenvalue weighted by Gasteiger charge is 2.18. The van der Waals surface area contributed by atoms with Crippen molar-refractivity contribution in [3.05, 3.63) is 28.0 Å². The number of fused-ring (bicyclic) bond motifs is 1. The fourth-order valence-electron chi connectivity index (χ4n) is 2.95. The summed E-state index contributed by atoms with van der Waals surface area (Å²) in [5, 5.41) is 0.519. The first-order chi connectivity index (χ1) is 10.6. The van der Waals surface area contributed by atoms with Crippen LogP contribution < -0.4 is 5.56 Å². The van der Waals surface area contributed by atoms with E-state index < -0.39 is 0 Å². The predicted octanol–water partition coefficient (Wildman–Crippen LogP) is 2.01. The van der Waals surface area contributed by atoms with E-state index >= 15 is 0 Å². The van der Waals surface area contributed by atoms with E-state index in [1.54, 1.807) is 0 Å². The molecule has 6 heteroatoms. The molecule has 3 rings (SSSR count). The van der Waals surface area contributed by atoms with Crippen LogP contribution in [0.2, 0.25) is 0 Å². The minimum absolute atomic E-state index is 0.117. The fourth-order valence-corrected chi connectivity index (χ4v) is 2.95. The van der Waals surface area contributed by atoms with Gasteiger partial charge in [0, 0.05) is 31.6 Å². The molecule has 0 N–H and O–H groups in total. The third kappa shape index (κ3) is 2.65. The first kappa shape index (κ1) is 14.8. The Bertz CT molecular complexity index is 754. The monoisotopic (exact) mass is 303 g/mol. The van der Waals surface area contributed by atoms with Crippen molar-refractivity contribution in [2.75, 3.05) is 13.1 Å². The highest BCUT2D eigenvalue weighted by Crippen LogP contribution is 2.19. The second-order valence-electron chi connectivity index (χ2n) is 5.90. The van der Waals surface area contributed by atoms with Gasteiger partial charge in [0.15, 0.2) is 0 Å². The number of rotatable bonds is 3. The van der Waals surface area contributed by atoms with Crippen molar-refractivity contribution < 1.29 is 9.21 Å². The van der Waals surface area contributed by atoms with Gasteiger partial charge in [-0.05, 0) is 33.1 Å². The number of hydrogen-bond donors (Lipinski definition) is 0. The van der Waals surface area contributed by atoms with Crippen molar-refractivity contribution in [1.29, 1.82) is 0 Å². The van der Waals surface area contributed by atoms with E-state index in [-0.39, 0.29) is 11.5 Å². The smallest absolute Gasteiger partial charge is 0.264 e. The summed E-state index contributed by atoms with van der Waals surface area (Å²) >= 11 is 0. The molecule has 0 radical (unpaired) electrons. The topological polar surface area (TPSA) is 68.3 Å². The summed E-state index contributed by atoms with van der Waals surface area (Å²) in [5.74, 6) is 0.827. The zero-order valence-electron chi connectivity index (χ0n) is 13.1. The van der Waals surface area contributed by atoms with Crippen LogP contribution in [0.3, 0.4) is 0 Å². The van der Waals surface area contributed by atoms with Crippen molar-refractivity contribution in [2.24, 2.45) is 0 Å².